The third kappa shape index (κ3) is 4.05. The predicted octanol–water partition coefficient (Wildman–Crippen LogP) is 0.599. The summed E-state index contributed by atoms with van der Waals surface area (Å²) >= 11 is 0. The minimum Gasteiger partial charge on any atom is -0.367 e. The highest BCUT2D eigenvalue weighted by molar-refractivity contribution is 5.93. The number of carbonyl (C=O) groups excluding carboxylic acids is 1. The summed E-state index contributed by atoms with van der Waals surface area (Å²) in [6, 6.07) is 0.653. The molecule has 1 aliphatic rings. The van der Waals surface area contributed by atoms with Crippen molar-refractivity contribution in [2.45, 2.75) is 25.1 Å². The van der Waals surface area contributed by atoms with E-state index in [0.29, 0.717) is 25.9 Å². The molecule has 12 heteroatoms. The summed E-state index contributed by atoms with van der Waals surface area (Å²) in [6.07, 6.45) is -1.70. The van der Waals surface area contributed by atoms with Gasteiger partial charge >= 0.3 is 11.9 Å². The van der Waals surface area contributed by atoms with Gasteiger partial charge in [0.1, 0.15) is 23.4 Å². The highest BCUT2D eigenvalue weighted by Crippen LogP contribution is 2.28. The molecule has 28 heavy (non-hydrogen) atoms. The molecule has 1 amide bonds. The summed E-state index contributed by atoms with van der Waals surface area (Å²) in [7, 11) is 1.27. The van der Waals surface area contributed by atoms with Gasteiger partial charge in [0, 0.05) is 38.4 Å². The van der Waals surface area contributed by atoms with E-state index in [2.05, 4.69) is 20.3 Å². The molecule has 3 heterocycles. The smallest absolute Gasteiger partial charge is 0.367 e. The van der Waals surface area contributed by atoms with Crippen LogP contribution in [0.5, 0.6) is 0 Å². The van der Waals surface area contributed by atoms with Gasteiger partial charge in [-0.05, 0) is 12.8 Å². The van der Waals surface area contributed by atoms with E-state index in [-0.39, 0.29) is 17.4 Å². The minimum atomic E-state index is -4.56. The Labute approximate surface area is 156 Å². The van der Waals surface area contributed by atoms with Gasteiger partial charge in [0.25, 0.3) is 11.5 Å². The first-order valence-corrected chi connectivity index (χ1v) is 8.40. The summed E-state index contributed by atoms with van der Waals surface area (Å²) in [4.78, 5) is 46.8. The van der Waals surface area contributed by atoms with Gasteiger partial charge in [-0.3, -0.25) is 14.2 Å². The lowest BCUT2D eigenvalue weighted by Crippen LogP contribution is -2.45. The van der Waals surface area contributed by atoms with Gasteiger partial charge < -0.3 is 15.2 Å². The number of hydrogen-bond donors (Lipinski definition) is 2. The van der Waals surface area contributed by atoms with Crippen LogP contribution >= 0.6 is 0 Å². The number of rotatable bonds is 3. The minimum absolute atomic E-state index is 0.0570. The average molecular weight is 398 g/mol. The Balaban J connectivity index is 1.64. The van der Waals surface area contributed by atoms with E-state index in [1.807, 2.05) is 0 Å². The molecule has 2 aromatic rings. The number of aromatic nitrogens is 4. The molecule has 2 aromatic heterocycles. The molecular formula is C16H17F3N6O3. The van der Waals surface area contributed by atoms with Crippen LogP contribution in [0.15, 0.2) is 28.2 Å². The van der Waals surface area contributed by atoms with Crippen molar-refractivity contribution in [2.75, 3.05) is 18.4 Å². The molecule has 150 valence electrons. The second-order valence-electron chi connectivity index (χ2n) is 6.37. The fourth-order valence-electron chi connectivity index (χ4n) is 2.92. The number of H-pyrrole nitrogens is 1. The Morgan fingerprint density at radius 3 is 2.57 bits per heavy atom. The first-order valence-electron chi connectivity index (χ1n) is 8.40. The number of hydrogen-bond acceptors (Lipinski definition) is 6. The molecule has 2 N–H and O–H groups in total. The van der Waals surface area contributed by atoms with Crippen LogP contribution in [0.2, 0.25) is 0 Å². The van der Waals surface area contributed by atoms with E-state index in [9.17, 15) is 27.6 Å². The van der Waals surface area contributed by atoms with Crippen molar-refractivity contribution in [3.05, 3.63) is 50.7 Å². The zero-order valence-corrected chi connectivity index (χ0v) is 14.8. The highest BCUT2D eigenvalue weighted by atomic mass is 19.4. The molecule has 0 bridgehead atoms. The second-order valence-corrected chi connectivity index (χ2v) is 6.37. The zero-order valence-electron chi connectivity index (χ0n) is 14.8. The lowest BCUT2D eigenvalue weighted by molar-refractivity contribution is -0.141. The number of halogens is 3. The number of amides is 1. The number of nitrogens with zero attached hydrogens (tertiary/aromatic N) is 4. The maximum atomic E-state index is 12.7. The van der Waals surface area contributed by atoms with Crippen LogP contribution in [0.1, 0.15) is 28.9 Å². The fourth-order valence-corrected chi connectivity index (χ4v) is 2.92. The Bertz CT molecular complexity index is 992. The summed E-state index contributed by atoms with van der Waals surface area (Å²) in [5.74, 6) is -0.446. The van der Waals surface area contributed by atoms with Gasteiger partial charge in [-0.1, -0.05) is 0 Å². The third-order valence-electron chi connectivity index (χ3n) is 4.50. The van der Waals surface area contributed by atoms with Crippen molar-refractivity contribution in [3.8, 4) is 0 Å². The summed E-state index contributed by atoms with van der Waals surface area (Å²) in [5.41, 5.74) is -2.48. The molecule has 3 rings (SSSR count). The van der Waals surface area contributed by atoms with E-state index >= 15 is 0 Å². The molecule has 0 spiro atoms. The number of anilines is 1. The fraction of sp³-hybridized carbons (Fsp3) is 0.438. The SMILES string of the molecule is Cn1c(=O)[nH]cc(C(=O)N2CCC(Nc3cc(C(F)(F)F)ncn3)CC2)c1=O. The van der Waals surface area contributed by atoms with Crippen molar-refractivity contribution in [2.24, 2.45) is 7.05 Å². The monoisotopic (exact) mass is 398 g/mol. The van der Waals surface area contributed by atoms with Crippen molar-refractivity contribution in [1.82, 2.24) is 24.4 Å². The van der Waals surface area contributed by atoms with Crippen LogP contribution in [-0.2, 0) is 13.2 Å². The van der Waals surface area contributed by atoms with Gasteiger partial charge in [-0.2, -0.15) is 13.2 Å². The maximum Gasteiger partial charge on any atom is 0.433 e. The number of aromatic amines is 1. The Hall–Kier alpha value is -3.18. The van der Waals surface area contributed by atoms with Gasteiger partial charge in [0.05, 0.1) is 0 Å². The molecule has 9 nitrogen and oxygen atoms in total. The summed E-state index contributed by atoms with van der Waals surface area (Å²) < 4.78 is 39.0. The Morgan fingerprint density at radius 1 is 1.25 bits per heavy atom. The molecule has 0 unspecified atom stereocenters. The highest BCUT2D eigenvalue weighted by Gasteiger charge is 2.33. The zero-order chi connectivity index (χ0) is 20.5. The average Bonchev–Trinajstić information content (AvgIpc) is 2.66. The number of carbonyl (C=O) groups is 1. The lowest BCUT2D eigenvalue weighted by atomic mass is 10.0. The maximum absolute atomic E-state index is 12.7. The van der Waals surface area contributed by atoms with Crippen LogP contribution in [-0.4, -0.2) is 49.5 Å². The van der Waals surface area contributed by atoms with E-state index < -0.39 is 29.0 Å². The van der Waals surface area contributed by atoms with E-state index in [1.165, 1.54) is 11.9 Å². The number of nitrogens with one attached hydrogen (secondary N) is 2. The number of likely N-dealkylation sites (tertiary alicyclic amines) is 1. The van der Waals surface area contributed by atoms with Crippen LogP contribution in [0.3, 0.4) is 0 Å². The quantitative estimate of drug-likeness (QED) is 0.783. The van der Waals surface area contributed by atoms with E-state index in [4.69, 9.17) is 0 Å². The van der Waals surface area contributed by atoms with Crippen molar-refractivity contribution >= 4 is 11.7 Å². The van der Waals surface area contributed by atoms with Crippen LogP contribution in [0.25, 0.3) is 0 Å². The Kier molecular flexibility index (Phi) is 5.21. The normalized spacial score (nSPS) is 15.5. The van der Waals surface area contributed by atoms with Gasteiger partial charge in [-0.25, -0.2) is 14.8 Å². The summed E-state index contributed by atoms with van der Waals surface area (Å²) in [6.45, 7) is 0.603. The molecule has 1 fully saturated rings. The van der Waals surface area contributed by atoms with Gasteiger partial charge in [-0.15, -0.1) is 0 Å². The molecule has 1 saturated heterocycles. The number of piperidine rings is 1. The topological polar surface area (TPSA) is 113 Å². The van der Waals surface area contributed by atoms with E-state index in [1.54, 1.807) is 0 Å². The molecular weight excluding hydrogens is 381 g/mol. The largest absolute Gasteiger partial charge is 0.433 e. The van der Waals surface area contributed by atoms with Crippen LogP contribution in [0.4, 0.5) is 19.0 Å². The third-order valence-corrected chi connectivity index (χ3v) is 4.50. The lowest BCUT2D eigenvalue weighted by Gasteiger charge is -2.32. The second kappa shape index (κ2) is 7.44. The van der Waals surface area contributed by atoms with Gasteiger partial charge in [0.2, 0.25) is 0 Å². The Morgan fingerprint density at radius 2 is 1.93 bits per heavy atom. The van der Waals surface area contributed by atoms with E-state index in [0.717, 1.165) is 23.2 Å². The molecule has 0 radical (unpaired) electrons. The molecule has 0 aliphatic carbocycles. The van der Waals surface area contributed by atoms with Crippen molar-refractivity contribution in [3.63, 3.8) is 0 Å². The molecule has 0 atom stereocenters. The predicted molar refractivity (Wildman–Crippen MR) is 91.9 cm³/mol. The van der Waals surface area contributed by atoms with Crippen LogP contribution < -0.4 is 16.6 Å². The van der Waals surface area contributed by atoms with Gasteiger partial charge in [0.15, 0.2) is 0 Å². The summed E-state index contributed by atoms with van der Waals surface area (Å²) in [5, 5.41) is 2.92. The van der Waals surface area contributed by atoms with Crippen molar-refractivity contribution in [1.29, 1.82) is 0 Å². The number of alkyl halides is 3. The molecule has 0 aromatic carbocycles. The first kappa shape index (κ1) is 19.6. The van der Waals surface area contributed by atoms with Crippen LogP contribution in [0, 0.1) is 0 Å². The molecule has 1 aliphatic heterocycles. The standard InChI is InChI=1S/C16H17F3N6O3/c1-24-13(26)10(7-20-15(24)28)14(27)25-4-2-9(3-5-25)23-12-6-11(16(17,18)19)21-8-22-12/h6-9H,2-5H2,1H3,(H,20,28)(H,21,22,23). The van der Waals surface area contributed by atoms with Crippen molar-refractivity contribution < 1.29 is 18.0 Å². The molecule has 0 saturated carbocycles. The first-order chi connectivity index (χ1) is 13.2.